The number of rotatable bonds is 6. The minimum Gasteiger partial charge on any atom is -0.340 e. The summed E-state index contributed by atoms with van der Waals surface area (Å²) in [4.78, 5) is 14.1. The maximum atomic E-state index is 12.1. The molecule has 1 heterocycles. The van der Waals surface area contributed by atoms with E-state index in [4.69, 9.17) is 0 Å². The Balaban J connectivity index is 2.31. The molecule has 0 saturated carbocycles. The van der Waals surface area contributed by atoms with E-state index in [9.17, 15) is 4.79 Å². The zero-order chi connectivity index (χ0) is 12.7. The molecule has 0 spiro atoms. The first-order chi connectivity index (χ1) is 8.19. The molecule has 1 aliphatic rings. The van der Waals surface area contributed by atoms with Crippen LogP contribution in [-0.2, 0) is 4.79 Å². The molecule has 0 aromatic heterocycles. The summed E-state index contributed by atoms with van der Waals surface area (Å²) in [6.07, 6.45) is 5.38. The van der Waals surface area contributed by atoms with Crippen molar-refractivity contribution < 1.29 is 4.79 Å². The quantitative estimate of drug-likeness (QED) is 0.773. The summed E-state index contributed by atoms with van der Waals surface area (Å²) in [5.41, 5.74) is 0. The normalized spacial score (nSPS) is 22.2. The summed E-state index contributed by atoms with van der Waals surface area (Å²) < 4.78 is 0. The van der Waals surface area contributed by atoms with Crippen molar-refractivity contribution in [2.24, 2.45) is 5.92 Å². The van der Waals surface area contributed by atoms with Gasteiger partial charge in [0.05, 0.1) is 0 Å². The molecule has 1 rings (SSSR count). The third-order valence-corrected chi connectivity index (χ3v) is 3.95. The van der Waals surface area contributed by atoms with Crippen molar-refractivity contribution in [2.45, 2.75) is 58.9 Å². The van der Waals surface area contributed by atoms with Gasteiger partial charge >= 0.3 is 0 Å². The highest BCUT2D eigenvalue weighted by Gasteiger charge is 2.19. The predicted molar refractivity (Wildman–Crippen MR) is 72.0 cm³/mol. The average Bonchev–Trinajstić information content (AvgIpc) is 2.38. The van der Waals surface area contributed by atoms with Crippen LogP contribution in [0, 0.1) is 5.92 Å². The summed E-state index contributed by atoms with van der Waals surface area (Å²) >= 11 is 0. The summed E-state index contributed by atoms with van der Waals surface area (Å²) in [5.74, 6) is 1.05. The molecule has 1 saturated heterocycles. The fourth-order valence-electron chi connectivity index (χ4n) is 2.60. The third-order valence-electron chi connectivity index (χ3n) is 3.95. The van der Waals surface area contributed by atoms with E-state index < -0.39 is 0 Å². The molecule has 3 nitrogen and oxygen atoms in total. The number of hydrogen-bond donors (Lipinski definition) is 1. The highest BCUT2D eigenvalue weighted by Crippen LogP contribution is 2.17. The van der Waals surface area contributed by atoms with Crippen LogP contribution in [0.25, 0.3) is 0 Å². The van der Waals surface area contributed by atoms with Gasteiger partial charge in [0.25, 0.3) is 0 Å². The Kier molecular flexibility index (Phi) is 6.56. The Labute approximate surface area is 106 Å². The standard InChI is InChI=1S/C14H28N2O/c1-4-12(3)16(5-2)14(17)9-8-13-7-6-10-15-11-13/h12-13,15H,4-11H2,1-3H3. The van der Waals surface area contributed by atoms with Crippen molar-refractivity contribution in [3.63, 3.8) is 0 Å². The van der Waals surface area contributed by atoms with Crippen LogP contribution in [0.15, 0.2) is 0 Å². The maximum Gasteiger partial charge on any atom is 0.222 e. The molecule has 17 heavy (non-hydrogen) atoms. The molecule has 0 aromatic rings. The van der Waals surface area contributed by atoms with E-state index >= 15 is 0 Å². The molecule has 0 bridgehead atoms. The largest absolute Gasteiger partial charge is 0.340 e. The van der Waals surface area contributed by atoms with Crippen LogP contribution >= 0.6 is 0 Å². The number of carbonyl (C=O) groups is 1. The number of amides is 1. The lowest BCUT2D eigenvalue weighted by Gasteiger charge is -2.29. The Morgan fingerprint density at radius 2 is 2.24 bits per heavy atom. The second kappa shape index (κ2) is 7.70. The van der Waals surface area contributed by atoms with Gasteiger partial charge in [-0.3, -0.25) is 4.79 Å². The molecule has 100 valence electrons. The van der Waals surface area contributed by atoms with E-state index in [1.165, 1.54) is 12.8 Å². The van der Waals surface area contributed by atoms with Gasteiger partial charge in [-0.2, -0.15) is 0 Å². The topological polar surface area (TPSA) is 32.3 Å². The molecule has 0 aliphatic carbocycles. The second-order valence-electron chi connectivity index (χ2n) is 5.19. The van der Waals surface area contributed by atoms with E-state index in [0.717, 1.165) is 38.9 Å². The van der Waals surface area contributed by atoms with Gasteiger partial charge in [0.2, 0.25) is 5.91 Å². The average molecular weight is 240 g/mol. The second-order valence-corrected chi connectivity index (χ2v) is 5.19. The first kappa shape index (κ1) is 14.5. The van der Waals surface area contributed by atoms with Crippen LogP contribution in [-0.4, -0.2) is 36.5 Å². The van der Waals surface area contributed by atoms with Crippen LogP contribution in [0.3, 0.4) is 0 Å². The van der Waals surface area contributed by atoms with E-state index in [-0.39, 0.29) is 0 Å². The van der Waals surface area contributed by atoms with Gasteiger partial charge in [0, 0.05) is 19.0 Å². The van der Waals surface area contributed by atoms with Crippen molar-refractivity contribution in [1.29, 1.82) is 0 Å². The van der Waals surface area contributed by atoms with Crippen LogP contribution in [0.2, 0.25) is 0 Å². The Hall–Kier alpha value is -0.570. The van der Waals surface area contributed by atoms with Gasteiger partial charge in [-0.05, 0) is 58.5 Å². The first-order valence-corrected chi connectivity index (χ1v) is 7.19. The van der Waals surface area contributed by atoms with Gasteiger partial charge in [-0.25, -0.2) is 0 Å². The van der Waals surface area contributed by atoms with E-state index in [2.05, 4.69) is 26.1 Å². The molecule has 0 aromatic carbocycles. The summed E-state index contributed by atoms with van der Waals surface area (Å²) in [6, 6.07) is 0.386. The van der Waals surface area contributed by atoms with Gasteiger partial charge in [0.15, 0.2) is 0 Å². The minimum absolute atomic E-state index is 0.340. The lowest BCUT2D eigenvalue weighted by molar-refractivity contribution is -0.133. The predicted octanol–water partition coefficient (Wildman–Crippen LogP) is 2.41. The van der Waals surface area contributed by atoms with Crippen molar-refractivity contribution in [1.82, 2.24) is 10.2 Å². The van der Waals surface area contributed by atoms with Crippen LogP contribution < -0.4 is 5.32 Å². The Morgan fingerprint density at radius 3 is 2.76 bits per heavy atom. The molecule has 1 aliphatic heterocycles. The Morgan fingerprint density at radius 1 is 1.47 bits per heavy atom. The molecule has 3 heteroatoms. The molecule has 2 atom stereocenters. The van der Waals surface area contributed by atoms with Crippen molar-refractivity contribution in [2.75, 3.05) is 19.6 Å². The first-order valence-electron chi connectivity index (χ1n) is 7.19. The molecular formula is C14H28N2O. The number of nitrogens with zero attached hydrogens (tertiary/aromatic N) is 1. The highest BCUT2D eigenvalue weighted by molar-refractivity contribution is 5.76. The summed E-state index contributed by atoms with van der Waals surface area (Å²) in [7, 11) is 0. The Bertz CT molecular complexity index is 224. The number of hydrogen-bond acceptors (Lipinski definition) is 2. The van der Waals surface area contributed by atoms with E-state index in [1.807, 2.05) is 4.90 Å². The fourth-order valence-corrected chi connectivity index (χ4v) is 2.60. The number of nitrogens with one attached hydrogen (secondary N) is 1. The zero-order valence-electron chi connectivity index (χ0n) is 11.7. The molecule has 2 unspecified atom stereocenters. The van der Waals surface area contributed by atoms with Crippen molar-refractivity contribution in [3.05, 3.63) is 0 Å². The van der Waals surface area contributed by atoms with Crippen LogP contribution in [0.5, 0.6) is 0 Å². The number of carbonyl (C=O) groups excluding carboxylic acids is 1. The zero-order valence-corrected chi connectivity index (χ0v) is 11.7. The fraction of sp³-hybridized carbons (Fsp3) is 0.929. The smallest absolute Gasteiger partial charge is 0.222 e. The SMILES string of the molecule is CCC(C)N(CC)C(=O)CCC1CCCNC1. The number of piperidine rings is 1. The maximum absolute atomic E-state index is 12.1. The monoisotopic (exact) mass is 240 g/mol. The minimum atomic E-state index is 0.340. The third kappa shape index (κ3) is 4.66. The van der Waals surface area contributed by atoms with Gasteiger partial charge in [-0.1, -0.05) is 6.92 Å². The molecule has 1 fully saturated rings. The van der Waals surface area contributed by atoms with E-state index in [0.29, 0.717) is 17.9 Å². The van der Waals surface area contributed by atoms with Crippen LogP contribution in [0.1, 0.15) is 52.9 Å². The summed E-state index contributed by atoms with van der Waals surface area (Å²) in [5, 5.41) is 3.41. The molecule has 0 radical (unpaired) electrons. The van der Waals surface area contributed by atoms with Crippen LogP contribution in [0.4, 0.5) is 0 Å². The van der Waals surface area contributed by atoms with Gasteiger partial charge in [-0.15, -0.1) is 0 Å². The van der Waals surface area contributed by atoms with Gasteiger partial charge in [0.1, 0.15) is 0 Å². The van der Waals surface area contributed by atoms with Crippen molar-refractivity contribution in [3.8, 4) is 0 Å². The molecule has 1 N–H and O–H groups in total. The lowest BCUT2D eigenvalue weighted by atomic mass is 9.94. The van der Waals surface area contributed by atoms with E-state index in [1.54, 1.807) is 0 Å². The lowest BCUT2D eigenvalue weighted by Crippen LogP contribution is -2.38. The highest BCUT2D eigenvalue weighted by atomic mass is 16.2. The van der Waals surface area contributed by atoms with Gasteiger partial charge < -0.3 is 10.2 Å². The molecular weight excluding hydrogens is 212 g/mol. The van der Waals surface area contributed by atoms with Crippen molar-refractivity contribution >= 4 is 5.91 Å². The molecule has 1 amide bonds. The summed E-state index contributed by atoms with van der Waals surface area (Å²) in [6.45, 7) is 9.46.